The molecule has 0 aromatic heterocycles. The number of phenols is 1. The number of anilines is 2. The maximum Gasteiger partial charge on any atom is 0.411 e. The molecule has 0 aliphatic rings. The summed E-state index contributed by atoms with van der Waals surface area (Å²) in [5, 5.41) is 12.4. The second-order valence-corrected chi connectivity index (χ2v) is 5.88. The van der Waals surface area contributed by atoms with Crippen LogP contribution in [0.3, 0.4) is 0 Å². The normalized spacial score (nSPS) is 10.3. The lowest BCUT2D eigenvalue weighted by Gasteiger charge is -2.22. The van der Waals surface area contributed by atoms with Gasteiger partial charge in [0.2, 0.25) is 0 Å². The van der Waals surface area contributed by atoms with E-state index in [-0.39, 0.29) is 17.9 Å². The number of benzene rings is 2. The molecule has 0 heterocycles. The number of aryl methyl sites for hydroxylation is 1. The van der Waals surface area contributed by atoms with Crippen molar-refractivity contribution in [2.75, 3.05) is 23.3 Å². The van der Waals surface area contributed by atoms with Crippen LogP contribution in [0.2, 0.25) is 0 Å². The highest BCUT2D eigenvalue weighted by atomic mass is 16.5. The molecular weight excluding hydrogens is 332 g/mol. The third-order valence-corrected chi connectivity index (χ3v) is 4.17. The van der Waals surface area contributed by atoms with Gasteiger partial charge in [-0.25, -0.2) is 4.79 Å². The topological polar surface area (TPSA) is 78.9 Å². The van der Waals surface area contributed by atoms with Crippen LogP contribution in [0.4, 0.5) is 16.2 Å². The standard InChI is InChI=1S/C20H24N2O4/c1-4-22(5-2)17-8-9-18(14(3)10-17)21-20(25)26-13-15-6-7-16(12-23)19(24)11-15/h6-12,24H,4-5,13H2,1-3H3,(H,21,25). The molecular formula is C20H24N2O4. The predicted octanol–water partition coefficient (Wildman–Crippen LogP) is 4.11. The first kappa shape index (κ1) is 19.3. The molecule has 2 aromatic rings. The third kappa shape index (κ3) is 4.75. The van der Waals surface area contributed by atoms with Crippen molar-refractivity contribution < 1.29 is 19.4 Å². The van der Waals surface area contributed by atoms with E-state index in [2.05, 4.69) is 24.1 Å². The zero-order valence-electron chi connectivity index (χ0n) is 15.3. The number of aromatic hydroxyl groups is 1. The van der Waals surface area contributed by atoms with Crippen LogP contribution in [-0.2, 0) is 11.3 Å². The fourth-order valence-electron chi connectivity index (χ4n) is 2.65. The van der Waals surface area contributed by atoms with Crippen molar-refractivity contribution in [2.45, 2.75) is 27.4 Å². The number of hydrogen-bond donors (Lipinski definition) is 2. The second kappa shape index (κ2) is 8.89. The highest BCUT2D eigenvalue weighted by molar-refractivity contribution is 5.86. The van der Waals surface area contributed by atoms with E-state index in [1.807, 2.05) is 25.1 Å². The third-order valence-electron chi connectivity index (χ3n) is 4.17. The quantitative estimate of drug-likeness (QED) is 0.730. The Labute approximate surface area is 153 Å². The van der Waals surface area contributed by atoms with Crippen molar-refractivity contribution in [2.24, 2.45) is 0 Å². The summed E-state index contributed by atoms with van der Waals surface area (Å²) in [6.45, 7) is 7.96. The molecule has 0 saturated heterocycles. The van der Waals surface area contributed by atoms with Gasteiger partial charge in [-0.05, 0) is 62.2 Å². The average molecular weight is 356 g/mol. The highest BCUT2D eigenvalue weighted by Gasteiger charge is 2.09. The Balaban J connectivity index is 1.97. The number of rotatable bonds is 7. The average Bonchev–Trinajstić information content (AvgIpc) is 2.63. The van der Waals surface area contributed by atoms with Gasteiger partial charge in [0.1, 0.15) is 12.4 Å². The Morgan fingerprint density at radius 3 is 2.50 bits per heavy atom. The van der Waals surface area contributed by atoms with Gasteiger partial charge in [0.05, 0.1) is 5.56 Å². The lowest BCUT2D eigenvalue weighted by molar-refractivity contribution is 0.112. The van der Waals surface area contributed by atoms with E-state index in [9.17, 15) is 14.7 Å². The Kier molecular flexibility index (Phi) is 6.60. The molecule has 138 valence electrons. The number of amides is 1. The first-order valence-electron chi connectivity index (χ1n) is 8.54. The summed E-state index contributed by atoms with van der Waals surface area (Å²) in [6, 6.07) is 10.4. The molecule has 0 bridgehead atoms. The van der Waals surface area contributed by atoms with Crippen LogP contribution in [0.15, 0.2) is 36.4 Å². The lowest BCUT2D eigenvalue weighted by Crippen LogP contribution is -2.22. The molecule has 0 saturated carbocycles. The number of carbonyl (C=O) groups excluding carboxylic acids is 2. The van der Waals surface area contributed by atoms with Gasteiger partial charge in [-0.2, -0.15) is 0 Å². The first-order valence-corrected chi connectivity index (χ1v) is 8.54. The molecule has 0 fully saturated rings. The largest absolute Gasteiger partial charge is 0.507 e. The molecule has 0 spiro atoms. The van der Waals surface area contributed by atoms with Gasteiger partial charge < -0.3 is 14.7 Å². The summed E-state index contributed by atoms with van der Waals surface area (Å²) in [4.78, 5) is 24.9. The molecule has 0 unspecified atom stereocenters. The number of ether oxygens (including phenoxy) is 1. The molecule has 2 rings (SSSR count). The van der Waals surface area contributed by atoms with Gasteiger partial charge in [0.15, 0.2) is 6.29 Å². The van der Waals surface area contributed by atoms with Crippen LogP contribution in [0.25, 0.3) is 0 Å². The molecule has 2 N–H and O–H groups in total. The summed E-state index contributed by atoms with van der Waals surface area (Å²) < 4.78 is 5.18. The molecule has 26 heavy (non-hydrogen) atoms. The van der Waals surface area contributed by atoms with E-state index < -0.39 is 6.09 Å². The van der Waals surface area contributed by atoms with E-state index in [0.717, 1.165) is 24.3 Å². The molecule has 6 heteroatoms. The van der Waals surface area contributed by atoms with E-state index in [4.69, 9.17) is 4.74 Å². The van der Waals surface area contributed by atoms with Gasteiger partial charge in [0, 0.05) is 24.5 Å². The lowest BCUT2D eigenvalue weighted by atomic mass is 10.1. The smallest absolute Gasteiger partial charge is 0.411 e. The predicted molar refractivity (Wildman–Crippen MR) is 102 cm³/mol. The van der Waals surface area contributed by atoms with Crippen molar-refractivity contribution >= 4 is 23.8 Å². The Hall–Kier alpha value is -3.02. The summed E-state index contributed by atoms with van der Waals surface area (Å²) in [7, 11) is 0. The van der Waals surface area contributed by atoms with E-state index >= 15 is 0 Å². The van der Waals surface area contributed by atoms with Gasteiger partial charge in [-0.15, -0.1) is 0 Å². The molecule has 1 amide bonds. The maximum atomic E-state index is 12.0. The van der Waals surface area contributed by atoms with Gasteiger partial charge in [0.25, 0.3) is 0 Å². The van der Waals surface area contributed by atoms with Crippen LogP contribution in [0.1, 0.15) is 35.3 Å². The number of nitrogens with zero attached hydrogens (tertiary/aromatic N) is 1. The first-order chi connectivity index (χ1) is 12.5. The van der Waals surface area contributed by atoms with Crippen LogP contribution >= 0.6 is 0 Å². The van der Waals surface area contributed by atoms with Crippen molar-refractivity contribution in [3.8, 4) is 5.75 Å². The Morgan fingerprint density at radius 1 is 1.19 bits per heavy atom. The maximum absolute atomic E-state index is 12.0. The number of hydrogen-bond acceptors (Lipinski definition) is 5. The van der Waals surface area contributed by atoms with Crippen molar-refractivity contribution in [1.29, 1.82) is 0 Å². The zero-order chi connectivity index (χ0) is 19.1. The molecule has 0 radical (unpaired) electrons. The van der Waals surface area contributed by atoms with Crippen LogP contribution < -0.4 is 10.2 Å². The van der Waals surface area contributed by atoms with E-state index in [1.54, 1.807) is 6.07 Å². The Morgan fingerprint density at radius 2 is 1.92 bits per heavy atom. The number of phenolic OH excluding ortho intramolecular Hbond substituents is 1. The monoisotopic (exact) mass is 356 g/mol. The van der Waals surface area contributed by atoms with Gasteiger partial charge >= 0.3 is 6.09 Å². The number of carbonyl (C=O) groups is 2. The molecule has 6 nitrogen and oxygen atoms in total. The molecule has 0 atom stereocenters. The van der Waals surface area contributed by atoms with Crippen molar-refractivity contribution in [3.63, 3.8) is 0 Å². The zero-order valence-corrected chi connectivity index (χ0v) is 15.3. The Bertz CT molecular complexity index is 785. The molecule has 2 aromatic carbocycles. The summed E-state index contributed by atoms with van der Waals surface area (Å²) in [5.74, 6) is -0.135. The van der Waals surface area contributed by atoms with E-state index in [1.165, 1.54) is 12.1 Å². The summed E-state index contributed by atoms with van der Waals surface area (Å²) in [6.07, 6.45) is -0.0141. The van der Waals surface area contributed by atoms with Crippen LogP contribution in [0, 0.1) is 6.92 Å². The summed E-state index contributed by atoms with van der Waals surface area (Å²) >= 11 is 0. The minimum Gasteiger partial charge on any atom is -0.507 e. The number of aldehydes is 1. The van der Waals surface area contributed by atoms with Gasteiger partial charge in [-0.1, -0.05) is 6.07 Å². The van der Waals surface area contributed by atoms with Crippen molar-refractivity contribution in [1.82, 2.24) is 0 Å². The van der Waals surface area contributed by atoms with Gasteiger partial charge in [-0.3, -0.25) is 10.1 Å². The van der Waals surface area contributed by atoms with Crippen molar-refractivity contribution in [3.05, 3.63) is 53.1 Å². The SMILES string of the molecule is CCN(CC)c1ccc(NC(=O)OCc2ccc(C=O)c(O)c2)c(C)c1. The van der Waals surface area contributed by atoms with Crippen LogP contribution in [-0.4, -0.2) is 30.6 Å². The number of nitrogens with one attached hydrogen (secondary N) is 1. The minimum atomic E-state index is -0.581. The van der Waals surface area contributed by atoms with E-state index in [0.29, 0.717) is 17.5 Å². The molecule has 0 aliphatic carbocycles. The van der Waals surface area contributed by atoms with Crippen LogP contribution in [0.5, 0.6) is 5.75 Å². The fraction of sp³-hybridized carbons (Fsp3) is 0.300. The minimum absolute atomic E-state index is 0.00485. The summed E-state index contributed by atoms with van der Waals surface area (Å²) in [5.41, 5.74) is 3.53. The molecule has 0 aliphatic heterocycles. The highest BCUT2D eigenvalue weighted by Crippen LogP contribution is 2.23. The fourth-order valence-corrected chi connectivity index (χ4v) is 2.65. The second-order valence-electron chi connectivity index (χ2n) is 5.88.